The third-order valence-corrected chi connectivity index (χ3v) is 20.4. The van der Waals surface area contributed by atoms with E-state index in [2.05, 4.69) is 141 Å². The van der Waals surface area contributed by atoms with Crippen LogP contribution in [0, 0.1) is 0 Å². The van der Waals surface area contributed by atoms with Crippen LogP contribution < -0.4 is 5.32 Å². The molecule has 626 valence electrons. The van der Waals surface area contributed by atoms with Gasteiger partial charge < -0.3 is 89.9 Å². The molecule has 3 aliphatic heterocycles. The van der Waals surface area contributed by atoms with Crippen LogP contribution in [0.25, 0.3) is 0 Å². The molecule has 0 saturated carbocycles. The van der Waals surface area contributed by atoms with Crippen molar-refractivity contribution in [1.29, 1.82) is 0 Å². The number of aliphatic hydroxyl groups is 11. The Morgan fingerprint density at radius 1 is 0.339 bits per heavy atom. The molecule has 0 aromatic heterocycles. The van der Waals surface area contributed by atoms with E-state index >= 15 is 0 Å². The first kappa shape index (κ1) is 99.1. The first-order valence-corrected chi connectivity index (χ1v) is 42.9. The molecule has 109 heavy (non-hydrogen) atoms. The van der Waals surface area contributed by atoms with Gasteiger partial charge in [0, 0.05) is 6.42 Å². The van der Waals surface area contributed by atoms with Gasteiger partial charge in [-0.15, -0.1) is 0 Å². The number of unbranched alkanes of at least 4 members (excludes halogenated alkanes) is 31. The quantitative estimate of drug-likeness (QED) is 0.0199. The summed E-state index contributed by atoms with van der Waals surface area (Å²) in [6, 6.07) is -1.02. The van der Waals surface area contributed by atoms with Crippen LogP contribution in [0.4, 0.5) is 0 Å². The van der Waals surface area contributed by atoms with Crippen molar-refractivity contribution in [3.8, 4) is 0 Å². The lowest BCUT2D eigenvalue weighted by Crippen LogP contribution is -2.66. The lowest BCUT2D eigenvalue weighted by Gasteiger charge is -2.48. The number of rotatable bonds is 67. The molecule has 3 fully saturated rings. The zero-order valence-corrected chi connectivity index (χ0v) is 67.2. The van der Waals surface area contributed by atoms with Gasteiger partial charge in [0.15, 0.2) is 18.9 Å². The molecular formula is C90H153NO18. The molecule has 19 nitrogen and oxygen atoms in total. The Kier molecular flexibility index (Phi) is 62.2. The zero-order valence-electron chi connectivity index (χ0n) is 67.2. The maximum absolute atomic E-state index is 13.5. The maximum atomic E-state index is 13.5. The van der Waals surface area contributed by atoms with Gasteiger partial charge in [0.05, 0.1) is 38.6 Å². The van der Waals surface area contributed by atoms with Crippen LogP contribution >= 0.6 is 0 Å². The number of amides is 1. The number of hydrogen-bond acceptors (Lipinski definition) is 18. The summed E-state index contributed by atoms with van der Waals surface area (Å²) in [5.41, 5.74) is 0. The van der Waals surface area contributed by atoms with Crippen molar-refractivity contribution >= 4 is 5.91 Å². The number of aliphatic hydroxyl groups excluding tert-OH is 11. The molecule has 0 radical (unpaired) electrons. The molecule has 3 heterocycles. The molecule has 3 saturated heterocycles. The number of carbonyl (C=O) groups excluding carboxylic acids is 1. The van der Waals surface area contributed by atoms with Gasteiger partial charge in [-0.05, 0) is 103 Å². The predicted molar refractivity (Wildman–Crippen MR) is 438 cm³/mol. The minimum Gasteiger partial charge on any atom is -0.394 e. The highest BCUT2D eigenvalue weighted by Gasteiger charge is 2.54. The zero-order chi connectivity index (χ0) is 78.8. The van der Waals surface area contributed by atoms with Gasteiger partial charge in [-0.3, -0.25) is 4.79 Å². The van der Waals surface area contributed by atoms with Crippen LogP contribution in [0.3, 0.4) is 0 Å². The SMILES string of the molecule is CC/C=C\C/C=C\C/C=C\C/C=C\C/C=C\C/C=C\C/C=C\C/C=C\C/C=C\CCCCCC(=O)NC(COC1OC(CO)C(OC2OC(CO)C(OC3OC(CO)C(O)C(O)C3O)C(O)C2O)C(O)C1O)C(O)/C=C/CC/C=C/CCCCCCCCCCCCCCCCCCCCCCCCCCCCC. The van der Waals surface area contributed by atoms with Gasteiger partial charge in [-0.1, -0.05) is 321 Å². The number of allylic oxidation sites excluding steroid dienone is 21. The summed E-state index contributed by atoms with van der Waals surface area (Å²) in [6.07, 6.45) is 71.7. The van der Waals surface area contributed by atoms with Crippen molar-refractivity contribution in [1.82, 2.24) is 5.32 Å². The lowest BCUT2D eigenvalue weighted by atomic mass is 9.96. The molecule has 0 spiro atoms. The summed E-state index contributed by atoms with van der Waals surface area (Å²) in [5, 5.41) is 121. The van der Waals surface area contributed by atoms with Gasteiger partial charge in [0.1, 0.15) is 73.2 Å². The number of carbonyl (C=O) groups is 1. The molecule has 1 amide bonds. The summed E-state index contributed by atoms with van der Waals surface area (Å²) in [6.45, 7) is 1.60. The first-order chi connectivity index (χ1) is 53.3. The van der Waals surface area contributed by atoms with E-state index in [0.717, 1.165) is 96.3 Å². The van der Waals surface area contributed by atoms with Crippen LogP contribution in [-0.2, 0) is 33.2 Å². The van der Waals surface area contributed by atoms with E-state index in [1.54, 1.807) is 6.08 Å². The molecule has 3 rings (SSSR count). The van der Waals surface area contributed by atoms with Gasteiger partial charge in [-0.25, -0.2) is 0 Å². The second kappa shape index (κ2) is 68.3. The van der Waals surface area contributed by atoms with Crippen LogP contribution in [0.5, 0.6) is 0 Å². The Morgan fingerprint density at radius 2 is 0.642 bits per heavy atom. The number of nitrogens with one attached hydrogen (secondary N) is 1. The van der Waals surface area contributed by atoms with Crippen molar-refractivity contribution in [2.24, 2.45) is 0 Å². The molecule has 0 bridgehead atoms. The van der Waals surface area contributed by atoms with Crippen molar-refractivity contribution in [3.63, 3.8) is 0 Å². The number of hydrogen-bond donors (Lipinski definition) is 12. The molecule has 3 aliphatic rings. The summed E-state index contributed by atoms with van der Waals surface area (Å²) in [7, 11) is 0. The standard InChI is InChI=1S/C90H153NO18/c1-3-5-7-9-11-13-15-17-19-21-23-25-27-29-31-33-35-36-38-39-41-43-45-47-49-51-53-55-57-59-61-63-65-67-74(95)73(91-78(96)68-66-64-62-60-58-56-54-52-50-48-46-44-42-40-37-34-32-30-28-26-24-22-20-18-16-14-12-10-8-6-4-2)72-104-88-84(102)81(99)86(76(70-93)106-88)109-90-85(103)82(100)87(77(71-94)107-90)108-89-83(101)80(98)79(97)75(69-92)105-89/h6,8,12,14,18,20,24,26,30,32,37,40,44,46,50,52,56-59,65,67,73-77,79-90,92-95,97-103H,3-5,7,9-11,13,15-17,19,21-23,25,27-29,31,33-36,38-39,41-43,45,47-49,51,53-55,60-64,66,68-72H2,1-2H3,(H,91,96)/b8-6-,14-12-,20-18-,26-24-,32-30-,40-37-,46-44-,52-50-,58-56-,59-57+,67-65+. The molecule has 19 heteroatoms. The Morgan fingerprint density at radius 3 is 1.03 bits per heavy atom. The molecule has 0 aromatic rings. The van der Waals surface area contributed by atoms with E-state index in [0.29, 0.717) is 12.8 Å². The fourth-order valence-corrected chi connectivity index (χ4v) is 13.6. The van der Waals surface area contributed by atoms with Gasteiger partial charge in [0.25, 0.3) is 0 Å². The van der Waals surface area contributed by atoms with E-state index < -0.39 is 124 Å². The fraction of sp³-hybridized carbons (Fsp3) is 0.744. The summed E-state index contributed by atoms with van der Waals surface area (Å²) in [4.78, 5) is 13.5. The van der Waals surface area contributed by atoms with E-state index in [1.807, 2.05) is 6.08 Å². The molecule has 0 aliphatic carbocycles. The van der Waals surface area contributed by atoms with Crippen molar-refractivity contribution < 1.29 is 89.4 Å². The highest BCUT2D eigenvalue weighted by atomic mass is 16.8. The monoisotopic (exact) mass is 1540 g/mol. The Balaban J connectivity index is 1.39. The van der Waals surface area contributed by atoms with E-state index in [1.165, 1.54) is 167 Å². The lowest BCUT2D eigenvalue weighted by molar-refractivity contribution is -0.379. The van der Waals surface area contributed by atoms with Crippen molar-refractivity contribution in [3.05, 3.63) is 134 Å². The number of ether oxygens (including phenoxy) is 6. The molecule has 17 atom stereocenters. The van der Waals surface area contributed by atoms with Crippen molar-refractivity contribution in [2.75, 3.05) is 26.4 Å². The smallest absolute Gasteiger partial charge is 0.220 e. The third-order valence-electron chi connectivity index (χ3n) is 20.4. The van der Waals surface area contributed by atoms with Gasteiger partial charge in [0.2, 0.25) is 5.91 Å². The minimum atomic E-state index is -1.99. The van der Waals surface area contributed by atoms with Crippen LogP contribution in [-0.4, -0.2) is 193 Å². The molecular weight excluding hydrogens is 1380 g/mol. The second-order valence-corrected chi connectivity index (χ2v) is 29.9. The molecule has 12 N–H and O–H groups in total. The average molecular weight is 1540 g/mol. The van der Waals surface area contributed by atoms with Crippen LogP contribution in [0.15, 0.2) is 134 Å². The maximum Gasteiger partial charge on any atom is 0.220 e. The summed E-state index contributed by atoms with van der Waals surface area (Å²) < 4.78 is 34.4. The second-order valence-electron chi connectivity index (χ2n) is 29.9. The van der Waals surface area contributed by atoms with E-state index in [9.17, 15) is 61.0 Å². The predicted octanol–water partition coefficient (Wildman–Crippen LogP) is 15.6. The van der Waals surface area contributed by atoms with Crippen LogP contribution in [0.2, 0.25) is 0 Å². The largest absolute Gasteiger partial charge is 0.394 e. The Bertz CT molecular complexity index is 2490. The van der Waals surface area contributed by atoms with E-state index in [-0.39, 0.29) is 18.9 Å². The van der Waals surface area contributed by atoms with Crippen LogP contribution in [0.1, 0.15) is 296 Å². The normalized spacial score (nSPS) is 26.0. The minimum absolute atomic E-state index is 0.186. The Labute approximate surface area is 658 Å². The van der Waals surface area contributed by atoms with Gasteiger partial charge in [-0.2, -0.15) is 0 Å². The topological polar surface area (TPSA) is 307 Å². The molecule has 17 unspecified atom stereocenters. The molecule has 0 aromatic carbocycles. The van der Waals surface area contributed by atoms with Gasteiger partial charge >= 0.3 is 0 Å². The fourth-order valence-electron chi connectivity index (χ4n) is 13.6. The highest BCUT2D eigenvalue weighted by Crippen LogP contribution is 2.33. The first-order valence-electron chi connectivity index (χ1n) is 42.9. The Hall–Kier alpha value is -4.07. The van der Waals surface area contributed by atoms with Crippen molar-refractivity contribution in [2.45, 2.75) is 401 Å². The summed E-state index contributed by atoms with van der Waals surface area (Å²) >= 11 is 0. The highest BCUT2D eigenvalue weighted by molar-refractivity contribution is 5.76. The summed E-state index contributed by atoms with van der Waals surface area (Å²) in [5.74, 6) is -0.320. The van der Waals surface area contributed by atoms with E-state index in [4.69, 9.17) is 28.4 Å². The third kappa shape index (κ3) is 47.4. The average Bonchev–Trinajstić information content (AvgIpc) is 0.782.